The van der Waals surface area contributed by atoms with E-state index < -0.39 is 17.6 Å². The predicted octanol–water partition coefficient (Wildman–Crippen LogP) is 5.56. The maximum atomic E-state index is 13.1. The van der Waals surface area contributed by atoms with E-state index in [2.05, 4.69) is 24.1 Å². The van der Waals surface area contributed by atoms with E-state index in [1.54, 1.807) is 0 Å². The molecule has 1 aliphatic heterocycles. The molecule has 1 amide bonds. The molecule has 1 fully saturated rings. The van der Waals surface area contributed by atoms with Gasteiger partial charge in [0.1, 0.15) is 0 Å². The number of hydrogen-bond acceptors (Lipinski definition) is 2. The zero-order valence-electron chi connectivity index (χ0n) is 16.3. The zero-order valence-corrected chi connectivity index (χ0v) is 17.1. The summed E-state index contributed by atoms with van der Waals surface area (Å²) >= 11 is 5.84. The third-order valence-corrected chi connectivity index (χ3v) is 5.54. The highest BCUT2D eigenvalue weighted by Crippen LogP contribution is 2.32. The van der Waals surface area contributed by atoms with Gasteiger partial charge in [-0.05, 0) is 43.0 Å². The summed E-state index contributed by atoms with van der Waals surface area (Å²) in [6.45, 7) is 5.86. The van der Waals surface area contributed by atoms with Gasteiger partial charge in [0.15, 0.2) is 0 Å². The Bertz CT molecular complexity index is 857. The Morgan fingerprint density at radius 3 is 2.48 bits per heavy atom. The number of nitrogens with one attached hydrogen (secondary N) is 1. The van der Waals surface area contributed by atoms with Crippen LogP contribution in [0.3, 0.4) is 0 Å². The molecule has 1 saturated heterocycles. The molecule has 1 aliphatic rings. The lowest BCUT2D eigenvalue weighted by Gasteiger charge is -2.28. The van der Waals surface area contributed by atoms with Crippen LogP contribution >= 0.6 is 11.6 Å². The van der Waals surface area contributed by atoms with Gasteiger partial charge < -0.3 is 5.32 Å². The first-order valence-electron chi connectivity index (χ1n) is 9.61. The molecule has 0 unspecified atom stereocenters. The van der Waals surface area contributed by atoms with Gasteiger partial charge in [-0.15, -0.1) is 0 Å². The number of likely N-dealkylation sites (tertiary alicyclic amines) is 1. The molecule has 1 heterocycles. The molecule has 3 atom stereocenters. The van der Waals surface area contributed by atoms with Gasteiger partial charge in [0.2, 0.25) is 0 Å². The molecular weight excluding hydrogens is 401 g/mol. The average Bonchev–Trinajstić information content (AvgIpc) is 2.97. The van der Waals surface area contributed by atoms with E-state index in [9.17, 15) is 18.0 Å². The first-order valence-corrected chi connectivity index (χ1v) is 9.99. The van der Waals surface area contributed by atoms with E-state index in [0.717, 1.165) is 30.7 Å². The number of benzene rings is 2. The monoisotopic (exact) mass is 424 g/mol. The minimum Gasteiger partial charge on any atom is -0.344 e. The summed E-state index contributed by atoms with van der Waals surface area (Å²) in [7, 11) is 0. The maximum Gasteiger partial charge on any atom is 0.416 e. The van der Waals surface area contributed by atoms with Crippen molar-refractivity contribution in [2.45, 2.75) is 38.5 Å². The molecule has 2 aromatic carbocycles. The molecule has 2 aromatic rings. The van der Waals surface area contributed by atoms with Crippen molar-refractivity contribution in [1.82, 2.24) is 10.2 Å². The third kappa shape index (κ3) is 5.52. The van der Waals surface area contributed by atoms with Crippen molar-refractivity contribution >= 4 is 17.5 Å². The van der Waals surface area contributed by atoms with Gasteiger partial charge in [-0.3, -0.25) is 9.69 Å². The van der Waals surface area contributed by atoms with Gasteiger partial charge in [-0.1, -0.05) is 48.9 Å². The van der Waals surface area contributed by atoms with E-state index >= 15 is 0 Å². The second-order valence-electron chi connectivity index (χ2n) is 7.81. The second kappa shape index (κ2) is 8.76. The van der Waals surface area contributed by atoms with Crippen molar-refractivity contribution in [3.05, 3.63) is 70.2 Å². The van der Waals surface area contributed by atoms with E-state index in [4.69, 9.17) is 11.6 Å². The van der Waals surface area contributed by atoms with Gasteiger partial charge in [0.25, 0.3) is 5.91 Å². The standard InChI is InChI=1S/C22H24ClF3N2O/c1-14-8-15(2)28(12-14)13-20(16-6-4-3-5-7-16)27-21(29)17-9-18(22(24,25)26)11-19(23)10-17/h3-7,9-11,14-15,20H,8,12-13H2,1-2H3,(H,27,29)/t14-,15-,20+/m0/s1. The summed E-state index contributed by atoms with van der Waals surface area (Å²) in [5.74, 6) is -0.00819. The quantitative estimate of drug-likeness (QED) is 0.681. The largest absolute Gasteiger partial charge is 0.416 e. The van der Waals surface area contributed by atoms with Crippen molar-refractivity contribution in [3.8, 4) is 0 Å². The SMILES string of the molecule is C[C@H]1C[C@H](C)N(C[C@@H](NC(=O)c2cc(Cl)cc(C(F)(F)F)c2)c2ccccc2)C1. The van der Waals surface area contributed by atoms with Crippen LogP contribution in [0.2, 0.25) is 5.02 Å². The van der Waals surface area contributed by atoms with Crippen molar-refractivity contribution in [2.75, 3.05) is 13.1 Å². The molecule has 0 radical (unpaired) electrons. The number of amides is 1. The smallest absolute Gasteiger partial charge is 0.344 e. The van der Waals surface area contributed by atoms with Crippen LogP contribution in [0.4, 0.5) is 13.2 Å². The highest BCUT2D eigenvalue weighted by molar-refractivity contribution is 6.31. The lowest BCUT2D eigenvalue weighted by molar-refractivity contribution is -0.137. The van der Waals surface area contributed by atoms with Crippen molar-refractivity contribution in [1.29, 1.82) is 0 Å². The van der Waals surface area contributed by atoms with E-state index in [0.29, 0.717) is 18.5 Å². The van der Waals surface area contributed by atoms with E-state index in [-0.39, 0.29) is 16.6 Å². The number of alkyl halides is 3. The topological polar surface area (TPSA) is 32.3 Å². The molecule has 7 heteroatoms. The van der Waals surface area contributed by atoms with Gasteiger partial charge >= 0.3 is 6.18 Å². The van der Waals surface area contributed by atoms with E-state index in [1.165, 1.54) is 6.07 Å². The van der Waals surface area contributed by atoms with Crippen molar-refractivity contribution < 1.29 is 18.0 Å². The van der Waals surface area contributed by atoms with Crippen molar-refractivity contribution in [2.24, 2.45) is 5.92 Å². The number of nitrogens with zero attached hydrogens (tertiary/aromatic N) is 1. The molecular formula is C22H24ClF3N2O. The number of halogens is 4. The Balaban J connectivity index is 1.84. The highest BCUT2D eigenvalue weighted by atomic mass is 35.5. The summed E-state index contributed by atoms with van der Waals surface area (Å²) < 4.78 is 39.3. The summed E-state index contributed by atoms with van der Waals surface area (Å²) in [4.78, 5) is 15.1. The average molecular weight is 425 g/mol. The number of rotatable bonds is 5. The Hall–Kier alpha value is -2.05. The fourth-order valence-electron chi connectivity index (χ4n) is 3.92. The lowest BCUT2D eigenvalue weighted by atomic mass is 10.0. The summed E-state index contributed by atoms with van der Waals surface area (Å²) in [6.07, 6.45) is -3.49. The summed E-state index contributed by atoms with van der Waals surface area (Å²) in [5, 5.41) is 2.79. The van der Waals surface area contributed by atoms with Gasteiger partial charge in [-0.2, -0.15) is 13.2 Å². The molecule has 1 N–H and O–H groups in total. The van der Waals surface area contributed by atoms with Gasteiger partial charge in [-0.25, -0.2) is 0 Å². The molecule has 0 aromatic heterocycles. The van der Waals surface area contributed by atoms with Crippen molar-refractivity contribution in [3.63, 3.8) is 0 Å². The molecule has 29 heavy (non-hydrogen) atoms. The molecule has 0 saturated carbocycles. The molecule has 0 spiro atoms. The van der Waals surface area contributed by atoms with Crippen LogP contribution in [0, 0.1) is 5.92 Å². The number of carbonyl (C=O) groups excluding carboxylic acids is 1. The Morgan fingerprint density at radius 1 is 1.21 bits per heavy atom. The van der Waals surface area contributed by atoms with Crippen LogP contribution in [-0.4, -0.2) is 29.9 Å². The maximum absolute atomic E-state index is 13.1. The molecule has 156 valence electrons. The van der Waals surface area contributed by atoms with Crippen LogP contribution in [0.15, 0.2) is 48.5 Å². The Labute approximate surface area is 173 Å². The Kier molecular flexibility index (Phi) is 6.54. The van der Waals surface area contributed by atoms with E-state index in [1.807, 2.05) is 30.3 Å². The minimum atomic E-state index is -4.57. The first-order chi connectivity index (χ1) is 13.6. The third-order valence-electron chi connectivity index (χ3n) is 5.32. The fraction of sp³-hybridized carbons (Fsp3) is 0.409. The Morgan fingerprint density at radius 2 is 1.90 bits per heavy atom. The molecule has 0 aliphatic carbocycles. The summed E-state index contributed by atoms with van der Waals surface area (Å²) in [6, 6.07) is 12.4. The predicted molar refractivity (Wildman–Crippen MR) is 108 cm³/mol. The van der Waals surface area contributed by atoms with Crippen LogP contribution in [-0.2, 0) is 6.18 Å². The summed E-state index contributed by atoms with van der Waals surface area (Å²) in [5.41, 5.74) is -0.132. The van der Waals surface area contributed by atoms with Crippen LogP contribution in [0.5, 0.6) is 0 Å². The fourth-order valence-corrected chi connectivity index (χ4v) is 4.16. The molecule has 0 bridgehead atoms. The first kappa shape index (κ1) is 21.7. The highest BCUT2D eigenvalue weighted by Gasteiger charge is 2.32. The minimum absolute atomic E-state index is 0.103. The lowest BCUT2D eigenvalue weighted by Crippen LogP contribution is -2.39. The number of carbonyl (C=O) groups is 1. The number of hydrogen-bond donors (Lipinski definition) is 1. The van der Waals surface area contributed by atoms with Crippen LogP contribution < -0.4 is 5.32 Å². The zero-order chi connectivity index (χ0) is 21.2. The van der Waals surface area contributed by atoms with Crippen LogP contribution in [0.1, 0.15) is 47.8 Å². The van der Waals surface area contributed by atoms with Gasteiger partial charge in [0, 0.05) is 29.7 Å². The van der Waals surface area contributed by atoms with Crippen LogP contribution in [0.25, 0.3) is 0 Å². The van der Waals surface area contributed by atoms with Gasteiger partial charge in [0.05, 0.1) is 11.6 Å². The normalized spacial score (nSPS) is 21.2. The molecule has 3 nitrogen and oxygen atoms in total. The second-order valence-corrected chi connectivity index (χ2v) is 8.24. The molecule has 3 rings (SSSR count).